The molecule has 0 aromatic heterocycles. The number of hydrogen-bond donors (Lipinski definition) is 4. The average molecular weight is 681 g/mol. The number of carbonyl (C=O) groups excluding carboxylic acids is 2. The van der Waals surface area contributed by atoms with Gasteiger partial charge >= 0.3 is 11.9 Å². The summed E-state index contributed by atoms with van der Waals surface area (Å²) in [6.45, 7) is 24.1. The Balaban J connectivity index is 1.69. The first-order valence-electron chi connectivity index (χ1n) is 18.2. The molecule has 0 unspecified atom stereocenters. The molecule has 0 aliphatic heterocycles. The minimum atomic E-state index is -0.393. The zero-order chi connectivity index (χ0) is 36.9. The molecule has 49 heavy (non-hydrogen) atoms. The van der Waals surface area contributed by atoms with Gasteiger partial charge in [-0.05, 0) is 86.5 Å². The third-order valence-electron chi connectivity index (χ3n) is 9.51. The predicted octanol–water partition coefficient (Wildman–Crippen LogP) is 7.05. The van der Waals surface area contributed by atoms with Crippen molar-refractivity contribution >= 4 is 11.9 Å². The SMILES string of the molecule is CCC(CC)(COC(=O)CCNCc1ccc(C(C)(C)CC(C)(C)N)cc1)COC(=O)CCNCc1ccc(C(C)(C)CC(C)(C)N)cc1. The maximum absolute atomic E-state index is 12.6. The van der Waals surface area contributed by atoms with E-state index in [1.165, 1.54) is 11.1 Å². The second-order valence-electron chi connectivity index (χ2n) is 16.9. The highest BCUT2D eigenvalue weighted by atomic mass is 16.5. The third-order valence-corrected chi connectivity index (χ3v) is 9.51. The fraction of sp³-hybridized carbons (Fsp3) is 0.659. The summed E-state index contributed by atoms with van der Waals surface area (Å²) >= 11 is 0. The van der Waals surface area contributed by atoms with Crippen molar-refractivity contribution in [1.29, 1.82) is 0 Å². The Kier molecular flexibility index (Phi) is 16.0. The van der Waals surface area contributed by atoms with Gasteiger partial charge in [-0.15, -0.1) is 0 Å². The van der Waals surface area contributed by atoms with E-state index in [0.29, 0.717) is 26.2 Å². The second kappa shape index (κ2) is 18.5. The highest BCUT2D eigenvalue weighted by molar-refractivity contribution is 5.70. The Morgan fingerprint density at radius 2 is 0.918 bits per heavy atom. The molecule has 0 saturated heterocycles. The van der Waals surface area contributed by atoms with Gasteiger partial charge in [-0.1, -0.05) is 90.1 Å². The van der Waals surface area contributed by atoms with E-state index < -0.39 is 5.41 Å². The number of nitrogens with one attached hydrogen (secondary N) is 2. The summed E-state index contributed by atoms with van der Waals surface area (Å²) in [6, 6.07) is 17.2. The summed E-state index contributed by atoms with van der Waals surface area (Å²) in [5, 5.41) is 6.69. The zero-order valence-corrected chi connectivity index (χ0v) is 32.4. The Bertz CT molecular complexity index is 1190. The first-order chi connectivity index (χ1) is 22.7. The van der Waals surface area contributed by atoms with Gasteiger partial charge in [-0.2, -0.15) is 0 Å². The zero-order valence-electron chi connectivity index (χ0n) is 32.4. The van der Waals surface area contributed by atoms with Crippen LogP contribution in [0.1, 0.15) is 130 Å². The lowest BCUT2D eigenvalue weighted by Crippen LogP contribution is -2.39. The van der Waals surface area contributed by atoms with E-state index in [-0.39, 0.29) is 59.9 Å². The summed E-state index contributed by atoms with van der Waals surface area (Å²) in [4.78, 5) is 25.1. The Hall–Kier alpha value is -2.78. The van der Waals surface area contributed by atoms with E-state index in [9.17, 15) is 9.59 Å². The Morgan fingerprint density at radius 1 is 0.592 bits per heavy atom. The molecule has 0 atom stereocenters. The van der Waals surface area contributed by atoms with Crippen molar-refractivity contribution in [3.8, 4) is 0 Å². The molecule has 0 heterocycles. The minimum absolute atomic E-state index is 0.00919. The summed E-state index contributed by atoms with van der Waals surface area (Å²) in [7, 11) is 0. The molecular weight excluding hydrogens is 612 g/mol. The molecule has 8 nitrogen and oxygen atoms in total. The van der Waals surface area contributed by atoms with Gasteiger partial charge in [0.1, 0.15) is 13.2 Å². The van der Waals surface area contributed by atoms with Crippen molar-refractivity contribution < 1.29 is 19.1 Å². The van der Waals surface area contributed by atoms with Crippen molar-refractivity contribution in [1.82, 2.24) is 10.6 Å². The molecule has 0 radical (unpaired) electrons. The predicted molar refractivity (Wildman–Crippen MR) is 202 cm³/mol. The normalized spacial score (nSPS) is 13.0. The van der Waals surface area contributed by atoms with Gasteiger partial charge in [0, 0.05) is 42.7 Å². The third kappa shape index (κ3) is 15.8. The Labute approximate surface area is 297 Å². The average Bonchev–Trinajstić information content (AvgIpc) is 3.00. The number of nitrogens with two attached hydrogens (primary N) is 2. The van der Waals surface area contributed by atoms with Gasteiger partial charge in [0.05, 0.1) is 12.8 Å². The lowest BCUT2D eigenvalue weighted by Gasteiger charge is -2.33. The summed E-state index contributed by atoms with van der Waals surface area (Å²) in [5.74, 6) is -0.508. The van der Waals surface area contributed by atoms with Crippen LogP contribution in [0.2, 0.25) is 0 Å². The van der Waals surface area contributed by atoms with E-state index in [0.717, 1.165) is 36.8 Å². The van der Waals surface area contributed by atoms with Crippen LogP contribution in [0.25, 0.3) is 0 Å². The lowest BCUT2D eigenvalue weighted by atomic mass is 9.75. The van der Waals surface area contributed by atoms with Crippen LogP contribution in [0.5, 0.6) is 0 Å². The fourth-order valence-corrected chi connectivity index (χ4v) is 6.79. The number of rotatable bonds is 22. The first kappa shape index (κ1) is 42.4. The first-order valence-corrected chi connectivity index (χ1v) is 18.2. The maximum atomic E-state index is 12.6. The van der Waals surface area contributed by atoms with Gasteiger partial charge in [0.15, 0.2) is 0 Å². The molecule has 2 aromatic carbocycles. The molecule has 0 bridgehead atoms. The summed E-state index contributed by atoms with van der Waals surface area (Å²) in [5.41, 5.74) is 16.5. The molecule has 8 heteroatoms. The molecular formula is C41H68N4O4. The molecule has 2 aromatic rings. The van der Waals surface area contributed by atoms with Gasteiger partial charge in [-0.3, -0.25) is 9.59 Å². The van der Waals surface area contributed by atoms with Gasteiger partial charge < -0.3 is 31.6 Å². The van der Waals surface area contributed by atoms with Crippen LogP contribution in [-0.4, -0.2) is 49.3 Å². The van der Waals surface area contributed by atoms with Crippen LogP contribution in [0.4, 0.5) is 0 Å². The monoisotopic (exact) mass is 681 g/mol. The number of esters is 2. The van der Waals surface area contributed by atoms with Crippen molar-refractivity contribution in [3.63, 3.8) is 0 Å². The maximum Gasteiger partial charge on any atom is 0.307 e. The molecule has 0 aliphatic rings. The van der Waals surface area contributed by atoms with Crippen LogP contribution < -0.4 is 22.1 Å². The molecule has 6 N–H and O–H groups in total. The van der Waals surface area contributed by atoms with E-state index in [2.05, 4.69) is 115 Å². The topological polar surface area (TPSA) is 129 Å². The van der Waals surface area contributed by atoms with Crippen molar-refractivity contribution in [2.45, 2.75) is 143 Å². The number of benzene rings is 2. The van der Waals surface area contributed by atoms with Gasteiger partial charge in [0.2, 0.25) is 0 Å². The van der Waals surface area contributed by atoms with E-state index in [1.807, 2.05) is 13.8 Å². The van der Waals surface area contributed by atoms with Crippen LogP contribution >= 0.6 is 0 Å². The highest BCUT2D eigenvalue weighted by Crippen LogP contribution is 2.33. The lowest BCUT2D eigenvalue weighted by molar-refractivity contribution is -0.154. The standard InChI is InChI=1S/C41H68N4O4/c1-11-41(12-2,29-48-35(46)21-23-44-25-31-13-17-33(18-14-31)37(3,4)27-39(7,8)42)30-49-36(47)22-24-45-26-32-15-19-34(20-16-32)38(5,6)28-40(9,10)43/h13-20,44-45H,11-12,21-30,42-43H2,1-10H3. The number of carbonyl (C=O) groups is 2. The molecule has 0 saturated carbocycles. The highest BCUT2D eigenvalue weighted by Gasteiger charge is 2.31. The molecule has 0 amide bonds. The minimum Gasteiger partial charge on any atom is -0.465 e. The molecule has 0 spiro atoms. The molecule has 0 aliphatic carbocycles. The fourth-order valence-electron chi connectivity index (χ4n) is 6.79. The van der Waals surface area contributed by atoms with Gasteiger partial charge in [0.25, 0.3) is 0 Å². The van der Waals surface area contributed by atoms with Crippen LogP contribution in [0.15, 0.2) is 48.5 Å². The molecule has 2 rings (SSSR count). The quantitative estimate of drug-likeness (QED) is 0.0770. The van der Waals surface area contributed by atoms with E-state index in [1.54, 1.807) is 0 Å². The van der Waals surface area contributed by atoms with Crippen molar-refractivity contribution in [3.05, 3.63) is 70.8 Å². The Morgan fingerprint density at radius 3 is 1.20 bits per heavy atom. The smallest absolute Gasteiger partial charge is 0.307 e. The molecule has 0 fully saturated rings. The van der Waals surface area contributed by atoms with Crippen LogP contribution in [0.3, 0.4) is 0 Å². The van der Waals surface area contributed by atoms with Crippen LogP contribution in [0, 0.1) is 5.41 Å². The summed E-state index contributed by atoms with van der Waals surface area (Å²) in [6.07, 6.45) is 3.82. The van der Waals surface area contributed by atoms with Crippen LogP contribution in [-0.2, 0) is 43.0 Å². The summed E-state index contributed by atoms with van der Waals surface area (Å²) < 4.78 is 11.3. The second-order valence-corrected chi connectivity index (χ2v) is 16.9. The van der Waals surface area contributed by atoms with E-state index in [4.69, 9.17) is 20.9 Å². The molecule has 276 valence electrons. The van der Waals surface area contributed by atoms with Crippen molar-refractivity contribution in [2.75, 3.05) is 26.3 Å². The van der Waals surface area contributed by atoms with Crippen molar-refractivity contribution in [2.24, 2.45) is 16.9 Å². The number of ether oxygens (including phenoxy) is 2. The number of hydrogen-bond acceptors (Lipinski definition) is 8. The van der Waals surface area contributed by atoms with Gasteiger partial charge in [-0.25, -0.2) is 0 Å². The largest absolute Gasteiger partial charge is 0.465 e. The van der Waals surface area contributed by atoms with E-state index >= 15 is 0 Å².